The Hall–Kier alpha value is -4.12. The molecule has 1 N–H and O–H groups in total. The molecule has 0 aliphatic carbocycles. The maximum Gasteiger partial charge on any atom is 0.336 e. The molecule has 0 amide bonds. The van der Waals surface area contributed by atoms with Crippen LogP contribution in [0.4, 0.5) is 5.69 Å². The van der Waals surface area contributed by atoms with Gasteiger partial charge in [0.05, 0.1) is 0 Å². The number of nitrogens with zero attached hydrogens (tertiary/aromatic N) is 1. The first kappa shape index (κ1) is 20.2. The van der Waals surface area contributed by atoms with E-state index >= 15 is 0 Å². The Bertz CT molecular complexity index is 1330. The fraction of sp³-hybridized carbons (Fsp3) is 0.0769. The number of phenols is 1. The highest BCUT2D eigenvalue weighted by molar-refractivity contribution is 6.16. The highest BCUT2D eigenvalue weighted by atomic mass is 16.4. The van der Waals surface area contributed by atoms with Crippen molar-refractivity contribution < 1.29 is 14.3 Å². The van der Waals surface area contributed by atoms with Gasteiger partial charge in [0.15, 0.2) is 11.4 Å². The molecule has 5 heteroatoms. The summed E-state index contributed by atoms with van der Waals surface area (Å²) < 4.78 is 5.38. The van der Waals surface area contributed by atoms with Gasteiger partial charge in [0.2, 0.25) is 0 Å². The molecule has 0 unspecified atom stereocenters. The predicted molar refractivity (Wildman–Crippen MR) is 124 cm³/mol. The number of carbonyl (C=O) groups is 1. The molecule has 5 nitrogen and oxygen atoms in total. The van der Waals surface area contributed by atoms with Gasteiger partial charge in [-0.15, -0.1) is 0 Å². The van der Waals surface area contributed by atoms with Crippen molar-refractivity contribution in [3.8, 4) is 16.9 Å². The van der Waals surface area contributed by atoms with E-state index in [1.165, 1.54) is 18.2 Å². The topological polar surface area (TPSA) is 70.8 Å². The minimum absolute atomic E-state index is 0.0338. The summed E-state index contributed by atoms with van der Waals surface area (Å²) in [7, 11) is 3.91. The highest BCUT2D eigenvalue weighted by Crippen LogP contribution is 2.33. The highest BCUT2D eigenvalue weighted by Gasteiger charge is 2.18. The van der Waals surface area contributed by atoms with Crippen LogP contribution in [0.2, 0.25) is 0 Å². The van der Waals surface area contributed by atoms with Gasteiger partial charge in [-0.1, -0.05) is 48.5 Å². The van der Waals surface area contributed by atoms with Crippen LogP contribution in [0.5, 0.6) is 5.75 Å². The molecule has 3 aromatic carbocycles. The van der Waals surface area contributed by atoms with E-state index in [2.05, 4.69) is 0 Å². The number of aromatic hydroxyl groups is 1. The Kier molecular flexibility index (Phi) is 5.41. The molecular weight excluding hydrogens is 390 g/mol. The van der Waals surface area contributed by atoms with Crippen molar-refractivity contribution in [2.24, 2.45) is 0 Å². The summed E-state index contributed by atoms with van der Waals surface area (Å²) in [5.41, 5.74) is 2.80. The molecule has 154 valence electrons. The molecule has 1 aromatic heterocycles. The van der Waals surface area contributed by atoms with E-state index in [4.69, 9.17) is 4.42 Å². The Labute approximate surface area is 179 Å². The third-order valence-corrected chi connectivity index (χ3v) is 5.06. The third kappa shape index (κ3) is 4.12. The van der Waals surface area contributed by atoms with Crippen LogP contribution in [0.25, 0.3) is 28.2 Å². The molecule has 4 rings (SSSR count). The summed E-state index contributed by atoms with van der Waals surface area (Å²) in [6.45, 7) is 0. The molecule has 0 radical (unpaired) electrons. The fourth-order valence-electron chi connectivity index (χ4n) is 3.45. The minimum atomic E-state index is -0.589. The summed E-state index contributed by atoms with van der Waals surface area (Å²) in [6, 6.07) is 21.6. The lowest BCUT2D eigenvalue weighted by molar-refractivity contribution is 0.104. The summed E-state index contributed by atoms with van der Waals surface area (Å²) in [5, 5.41) is 11.0. The van der Waals surface area contributed by atoms with E-state index < -0.39 is 11.4 Å². The Morgan fingerprint density at radius 2 is 1.68 bits per heavy atom. The van der Waals surface area contributed by atoms with Crippen LogP contribution in [-0.4, -0.2) is 25.0 Å². The maximum absolute atomic E-state index is 13.0. The van der Waals surface area contributed by atoms with Crippen LogP contribution in [0, 0.1) is 0 Å². The van der Waals surface area contributed by atoms with Crippen molar-refractivity contribution in [2.75, 3.05) is 19.0 Å². The van der Waals surface area contributed by atoms with Crippen molar-refractivity contribution in [2.45, 2.75) is 0 Å². The van der Waals surface area contributed by atoms with Crippen LogP contribution in [-0.2, 0) is 0 Å². The van der Waals surface area contributed by atoms with Gasteiger partial charge in [-0.3, -0.25) is 4.79 Å². The normalized spacial score (nSPS) is 11.2. The molecule has 0 saturated heterocycles. The second-order valence-corrected chi connectivity index (χ2v) is 7.37. The number of carbonyl (C=O) groups excluding carboxylic acids is 1. The number of hydrogen-bond donors (Lipinski definition) is 1. The van der Waals surface area contributed by atoms with E-state index in [9.17, 15) is 14.7 Å². The molecular formula is C26H21NO4. The smallest absolute Gasteiger partial charge is 0.336 e. The third-order valence-electron chi connectivity index (χ3n) is 5.06. The summed E-state index contributed by atoms with van der Waals surface area (Å²) >= 11 is 0. The number of phenolic OH excluding ortho intramolecular Hbond substituents is 1. The molecule has 0 aliphatic heterocycles. The van der Waals surface area contributed by atoms with Gasteiger partial charge in [0.1, 0.15) is 11.3 Å². The van der Waals surface area contributed by atoms with Gasteiger partial charge in [-0.2, -0.15) is 0 Å². The van der Waals surface area contributed by atoms with Crippen molar-refractivity contribution in [3.63, 3.8) is 0 Å². The number of allylic oxidation sites excluding steroid dienone is 1. The SMILES string of the molecule is CN(C)c1ccc(/C=C/C(=O)c2c(O)ccc3c(-c4ccccc4)cc(=O)oc23)cc1. The van der Waals surface area contributed by atoms with Crippen molar-refractivity contribution in [1.29, 1.82) is 0 Å². The minimum Gasteiger partial charge on any atom is -0.507 e. The number of rotatable bonds is 5. The van der Waals surface area contributed by atoms with E-state index in [1.807, 2.05) is 73.6 Å². The number of hydrogen-bond acceptors (Lipinski definition) is 5. The predicted octanol–water partition coefficient (Wildman–Crippen LogP) is 5.13. The van der Waals surface area contributed by atoms with E-state index in [1.54, 1.807) is 12.1 Å². The molecule has 0 aliphatic rings. The Morgan fingerprint density at radius 1 is 0.968 bits per heavy atom. The van der Waals surface area contributed by atoms with Crippen LogP contribution in [0.3, 0.4) is 0 Å². The lowest BCUT2D eigenvalue weighted by Crippen LogP contribution is -2.07. The zero-order chi connectivity index (χ0) is 22.0. The monoisotopic (exact) mass is 411 g/mol. The Morgan fingerprint density at radius 3 is 2.35 bits per heavy atom. The quantitative estimate of drug-likeness (QED) is 0.280. The molecule has 4 aromatic rings. The summed E-state index contributed by atoms with van der Waals surface area (Å²) in [5.74, 6) is -0.688. The number of fused-ring (bicyclic) bond motifs is 1. The maximum atomic E-state index is 13.0. The van der Waals surface area contributed by atoms with Gasteiger partial charge < -0.3 is 14.4 Å². The van der Waals surface area contributed by atoms with Crippen LogP contribution in [0.1, 0.15) is 15.9 Å². The average molecular weight is 411 g/mol. The Balaban J connectivity index is 1.78. The van der Waals surface area contributed by atoms with E-state index in [0.717, 1.165) is 16.8 Å². The second kappa shape index (κ2) is 8.32. The van der Waals surface area contributed by atoms with Gasteiger partial charge in [0.25, 0.3) is 0 Å². The fourth-order valence-corrected chi connectivity index (χ4v) is 3.45. The zero-order valence-corrected chi connectivity index (χ0v) is 17.2. The number of benzene rings is 3. The van der Waals surface area contributed by atoms with E-state index in [-0.39, 0.29) is 16.9 Å². The molecule has 0 saturated carbocycles. The van der Waals surface area contributed by atoms with Gasteiger partial charge >= 0.3 is 5.63 Å². The summed E-state index contributed by atoms with van der Waals surface area (Å²) in [4.78, 5) is 27.2. The van der Waals surface area contributed by atoms with Crippen molar-refractivity contribution >= 4 is 28.5 Å². The number of ketones is 1. The van der Waals surface area contributed by atoms with Gasteiger partial charge in [-0.05, 0) is 47.0 Å². The zero-order valence-electron chi connectivity index (χ0n) is 17.2. The van der Waals surface area contributed by atoms with Crippen molar-refractivity contribution in [1.82, 2.24) is 0 Å². The first-order valence-electron chi connectivity index (χ1n) is 9.79. The first-order valence-corrected chi connectivity index (χ1v) is 9.79. The van der Waals surface area contributed by atoms with E-state index in [0.29, 0.717) is 10.9 Å². The van der Waals surface area contributed by atoms with Crippen molar-refractivity contribution in [3.05, 3.63) is 100 Å². The van der Waals surface area contributed by atoms with Gasteiger partial charge in [-0.25, -0.2) is 4.79 Å². The van der Waals surface area contributed by atoms with Crippen LogP contribution < -0.4 is 10.5 Å². The lowest BCUT2D eigenvalue weighted by Gasteiger charge is -2.11. The molecule has 0 fully saturated rings. The van der Waals surface area contributed by atoms with Crippen LogP contribution >= 0.6 is 0 Å². The molecule has 31 heavy (non-hydrogen) atoms. The molecule has 0 atom stereocenters. The largest absolute Gasteiger partial charge is 0.507 e. The number of anilines is 1. The average Bonchev–Trinajstić information content (AvgIpc) is 2.77. The molecule has 0 spiro atoms. The summed E-state index contributed by atoms with van der Waals surface area (Å²) in [6.07, 6.45) is 3.04. The van der Waals surface area contributed by atoms with Gasteiger partial charge in [0, 0.05) is 31.2 Å². The first-order chi connectivity index (χ1) is 14.9. The second-order valence-electron chi connectivity index (χ2n) is 7.37. The van der Waals surface area contributed by atoms with Crippen LogP contribution in [0.15, 0.2) is 88.1 Å². The molecule has 1 heterocycles. The lowest BCUT2D eigenvalue weighted by atomic mass is 9.98. The molecule has 0 bridgehead atoms. The standard InChI is InChI=1S/C26H21NO4/c1-27(2)19-11-8-17(9-12-19)10-14-22(28)25-23(29)15-13-20-21(16-24(30)31-26(20)25)18-6-4-3-5-7-18/h3-16,29H,1-2H3/b14-10+.